The van der Waals surface area contributed by atoms with Gasteiger partial charge in [0.15, 0.2) is 5.96 Å². The number of piperazine rings is 1. The van der Waals surface area contributed by atoms with Crippen LogP contribution in [-0.2, 0) is 14.8 Å². The monoisotopic (exact) mass is 514 g/mol. The van der Waals surface area contributed by atoms with Crippen molar-refractivity contribution in [2.75, 3.05) is 50.7 Å². The number of aliphatic carboxylic acids is 1. The molecule has 2 aliphatic heterocycles. The summed E-state index contributed by atoms with van der Waals surface area (Å²) in [6, 6.07) is 13.0. The fourth-order valence-electron chi connectivity index (χ4n) is 4.06. The van der Waals surface area contributed by atoms with E-state index in [0.717, 1.165) is 57.3 Å². The highest BCUT2D eigenvalue weighted by molar-refractivity contribution is 7.89. The molecule has 36 heavy (non-hydrogen) atoms. The Hall–Kier alpha value is -3.64. The highest BCUT2D eigenvalue weighted by atomic mass is 32.2. The molecule has 11 nitrogen and oxygen atoms in total. The Morgan fingerprint density at radius 3 is 2.28 bits per heavy atom. The van der Waals surface area contributed by atoms with Crippen LogP contribution in [0, 0.1) is 0 Å². The Kier molecular flexibility index (Phi) is 8.06. The van der Waals surface area contributed by atoms with Crippen LogP contribution in [0.5, 0.6) is 0 Å². The zero-order valence-electron chi connectivity index (χ0n) is 19.8. The fraction of sp³-hybridized carbons (Fsp3) is 0.375. The number of nitrogens with one attached hydrogen (secondary N) is 3. The van der Waals surface area contributed by atoms with Gasteiger partial charge in [-0.3, -0.25) is 14.6 Å². The zero-order chi connectivity index (χ0) is 25.5. The van der Waals surface area contributed by atoms with Crippen molar-refractivity contribution in [3.8, 4) is 0 Å². The van der Waals surface area contributed by atoms with Gasteiger partial charge in [0.05, 0.1) is 4.90 Å². The van der Waals surface area contributed by atoms with E-state index in [4.69, 9.17) is 0 Å². The molecule has 1 unspecified atom stereocenters. The van der Waals surface area contributed by atoms with Crippen LogP contribution in [0.3, 0.4) is 0 Å². The second-order valence-corrected chi connectivity index (χ2v) is 10.3. The molecule has 2 heterocycles. The molecule has 4 rings (SSSR count). The van der Waals surface area contributed by atoms with Crippen LogP contribution in [-0.4, -0.2) is 88.1 Å². The minimum atomic E-state index is -4.05. The Bertz CT molecular complexity index is 1200. The molecule has 2 aromatic rings. The van der Waals surface area contributed by atoms with Gasteiger partial charge in [-0.05, 0) is 42.8 Å². The molecular formula is C24H30N6O5S. The number of hydrogen-bond donors (Lipinski definition) is 4. The van der Waals surface area contributed by atoms with Crippen LogP contribution in [0.25, 0.3) is 0 Å². The van der Waals surface area contributed by atoms with Crippen molar-refractivity contribution in [1.29, 1.82) is 0 Å². The summed E-state index contributed by atoms with van der Waals surface area (Å²) in [4.78, 5) is 33.2. The molecule has 1 amide bonds. The third-order valence-electron chi connectivity index (χ3n) is 6.07. The number of sulfonamides is 1. The molecule has 0 aliphatic carbocycles. The van der Waals surface area contributed by atoms with Crippen LogP contribution < -0.4 is 20.3 Å². The highest BCUT2D eigenvalue weighted by Gasteiger charge is 2.26. The molecule has 12 heteroatoms. The topological polar surface area (TPSA) is 143 Å². The number of rotatable bonds is 8. The van der Waals surface area contributed by atoms with Gasteiger partial charge in [-0.1, -0.05) is 18.2 Å². The van der Waals surface area contributed by atoms with Crippen LogP contribution in [0.4, 0.5) is 5.69 Å². The number of hydrogen-bond acceptors (Lipinski definition) is 8. The smallest absolute Gasteiger partial charge is 0.323 e. The first-order valence-corrected chi connectivity index (χ1v) is 13.3. The van der Waals surface area contributed by atoms with Crippen molar-refractivity contribution in [3.05, 3.63) is 60.2 Å². The number of carboxylic acid groups (broad SMARTS) is 1. The molecule has 2 aromatic carbocycles. The lowest BCUT2D eigenvalue weighted by Gasteiger charge is -2.38. The zero-order valence-corrected chi connectivity index (χ0v) is 20.6. The lowest BCUT2D eigenvalue weighted by Crippen LogP contribution is -2.53. The first kappa shape index (κ1) is 25.5. The molecular weight excluding hydrogens is 484 g/mol. The van der Waals surface area contributed by atoms with Crippen LogP contribution in [0.2, 0.25) is 0 Å². The second kappa shape index (κ2) is 11.4. The predicted octanol–water partition coefficient (Wildman–Crippen LogP) is 0.319. The number of carbonyl (C=O) groups excluding carboxylic acids is 1. The molecule has 0 spiro atoms. The van der Waals surface area contributed by atoms with E-state index < -0.39 is 34.5 Å². The maximum Gasteiger partial charge on any atom is 0.323 e. The lowest BCUT2D eigenvalue weighted by molar-refractivity contribution is -0.138. The number of nitrogens with zero attached hydrogens (tertiary/aromatic N) is 3. The first-order valence-electron chi connectivity index (χ1n) is 11.8. The van der Waals surface area contributed by atoms with Gasteiger partial charge in [0, 0.05) is 57.1 Å². The average molecular weight is 515 g/mol. The first-order chi connectivity index (χ1) is 17.3. The van der Waals surface area contributed by atoms with E-state index in [0.29, 0.717) is 5.56 Å². The third-order valence-corrected chi connectivity index (χ3v) is 7.56. The van der Waals surface area contributed by atoms with Crippen LogP contribution >= 0.6 is 0 Å². The van der Waals surface area contributed by atoms with E-state index in [1.807, 2.05) is 12.1 Å². The number of amides is 1. The van der Waals surface area contributed by atoms with Crippen molar-refractivity contribution in [2.45, 2.75) is 17.4 Å². The van der Waals surface area contributed by atoms with E-state index in [2.05, 4.69) is 30.1 Å². The number of benzene rings is 2. The molecule has 0 saturated carbocycles. The van der Waals surface area contributed by atoms with Gasteiger partial charge in [0.2, 0.25) is 10.0 Å². The SMILES string of the molecule is O=C(NCC(NS(=O)(=O)c1ccccc1)C(=O)O)c1ccc(N2CCN(C3=NCCCN3)CC2)cc1. The Labute approximate surface area is 210 Å². The largest absolute Gasteiger partial charge is 0.480 e. The molecule has 1 fully saturated rings. The summed E-state index contributed by atoms with van der Waals surface area (Å²) in [6.45, 7) is 4.77. The van der Waals surface area contributed by atoms with Gasteiger partial charge in [-0.2, -0.15) is 4.72 Å². The lowest BCUT2D eigenvalue weighted by atomic mass is 10.1. The van der Waals surface area contributed by atoms with Crippen molar-refractivity contribution >= 4 is 33.5 Å². The minimum absolute atomic E-state index is 0.0537. The Morgan fingerprint density at radius 2 is 1.67 bits per heavy atom. The summed E-state index contributed by atoms with van der Waals surface area (Å²) in [6.07, 6.45) is 1.06. The number of guanidine groups is 1. The van der Waals surface area contributed by atoms with Gasteiger partial charge < -0.3 is 25.5 Å². The molecule has 0 bridgehead atoms. The van der Waals surface area contributed by atoms with Gasteiger partial charge >= 0.3 is 5.97 Å². The van der Waals surface area contributed by atoms with E-state index in [1.54, 1.807) is 30.3 Å². The summed E-state index contributed by atoms with van der Waals surface area (Å²) in [5.74, 6) is -0.907. The second-order valence-electron chi connectivity index (χ2n) is 8.54. The number of carbonyl (C=O) groups is 2. The van der Waals surface area contributed by atoms with Crippen LogP contribution in [0.1, 0.15) is 16.8 Å². The molecule has 4 N–H and O–H groups in total. The normalized spacial score (nSPS) is 17.1. The quantitative estimate of drug-likeness (QED) is 0.394. The molecule has 2 aliphatic rings. The highest BCUT2D eigenvalue weighted by Crippen LogP contribution is 2.18. The molecule has 1 saturated heterocycles. The molecule has 0 aromatic heterocycles. The van der Waals surface area contributed by atoms with Crippen molar-refractivity contribution < 1.29 is 23.1 Å². The van der Waals surface area contributed by atoms with E-state index in [-0.39, 0.29) is 4.90 Å². The molecule has 1 atom stereocenters. The van der Waals surface area contributed by atoms with Gasteiger partial charge in [0.25, 0.3) is 5.91 Å². The van der Waals surface area contributed by atoms with Crippen molar-refractivity contribution in [1.82, 2.24) is 20.3 Å². The van der Waals surface area contributed by atoms with Gasteiger partial charge in [0.1, 0.15) is 6.04 Å². The van der Waals surface area contributed by atoms with Gasteiger partial charge in [-0.15, -0.1) is 0 Å². The molecule has 192 valence electrons. The molecule has 0 radical (unpaired) electrons. The maximum absolute atomic E-state index is 12.6. The minimum Gasteiger partial charge on any atom is -0.480 e. The van der Waals surface area contributed by atoms with E-state index in [9.17, 15) is 23.1 Å². The number of aliphatic imine (C=N–C) groups is 1. The van der Waals surface area contributed by atoms with E-state index >= 15 is 0 Å². The summed E-state index contributed by atoms with van der Waals surface area (Å²) in [5.41, 5.74) is 1.34. The average Bonchev–Trinajstić information content (AvgIpc) is 2.92. The Balaban J connectivity index is 1.30. The summed E-state index contributed by atoms with van der Waals surface area (Å²) in [5, 5.41) is 15.3. The number of carboxylic acids is 1. The predicted molar refractivity (Wildman–Crippen MR) is 136 cm³/mol. The van der Waals surface area contributed by atoms with Crippen molar-refractivity contribution in [3.63, 3.8) is 0 Å². The Morgan fingerprint density at radius 1 is 1.00 bits per heavy atom. The third kappa shape index (κ3) is 6.32. The maximum atomic E-state index is 12.6. The van der Waals surface area contributed by atoms with Crippen molar-refractivity contribution in [2.24, 2.45) is 4.99 Å². The van der Waals surface area contributed by atoms with Crippen LogP contribution in [0.15, 0.2) is 64.5 Å². The van der Waals surface area contributed by atoms with E-state index in [1.165, 1.54) is 12.1 Å². The summed E-state index contributed by atoms with van der Waals surface area (Å²) < 4.78 is 27.0. The standard InChI is InChI=1S/C24H30N6O5S/c31-22(27-17-21(23(32)33)28-36(34,35)20-5-2-1-3-6-20)18-7-9-19(10-8-18)29-13-15-30(16-14-29)24-25-11-4-12-26-24/h1-3,5-10,21,28H,4,11-17H2,(H,25,26)(H,27,31)(H,32,33). The summed E-state index contributed by atoms with van der Waals surface area (Å²) >= 11 is 0. The fourth-order valence-corrected chi connectivity index (χ4v) is 5.27. The van der Waals surface area contributed by atoms with Gasteiger partial charge in [-0.25, -0.2) is 8.42 Å². The summed E-state index contributed by atoms with van der Waals surface area (Å²) in [7, 11) is -4.05. The number of anilines is 1.